The molecule has 0 aliphatic heterocycles. The first-order valence-corrected chi connectivity index (χ1v) is 9.73. The van der Waals surface area contributed by atoms with Crippen LogP contribution in [-0.4, -0.2) is 43.2 Å². The summed E-state index contributed by atoms with van der Waals surface area (Å²) >= 11 is 0. The second kappa shape index (κ2) is 9.72. The van der Waals surface area contributed by atoms with Crippen molar-refractivity contribution < 1.29 is 28.0 Å². The molecule has 27 heavy (non-hydrogen) atoms. The van der Waals surface area contributed by atoms with Gasteiger partial charge >= 0.3 is 5.97 Å². The first-order valence-electron chi connectivity index (χ1n) is 8.01. The molecule has 2 aromatic carbocycles. The van der Waals surface area contributed by atoms with Gasteiger partial charge in [0.25, 0.3) is 5.91 Å². The summed E-state index contributed by atoms with van der Waals surface area (Å²) in [5, 5.41) is 2.62. The zero-order chi connectivity index (χ0) is 19.8. The summed E-state index contributed by atoms with van der Waals surface area (Å²) in [5.41, 5.74) is 1.50. The minimum Gasteiger partial charge on any atom is -0.497 e. The summed E-state index contributed by atoms with van der Waals surface area (Å²) in [4.78, 5) is 24.2. The Balaban J connectivity index is 1.95. The Hall–Kier alpha value is -2.87. The molecule has 144 valence electrons. The lowest BCUT2D eigenvalue weighted by Crippen LogP contribution is -2.21. The maximum absolute atomic E-state index is 12.1. The number of carbonyl (C=O) groups excluding carboxylic acids is 2. The van der Waals surface area contributed by atoms with E-state index in [0.29, 0.717) is 28.5 Å². The molecule has 2 rings (SSSR count). The minimum atomic E-state index is -1.01. The molecule has 0 fully saturated rings. The van der Waals surface area contributed by atoms with Gasteiger partial charge in [-0.05, 0) is 29.8 Å². The summed E-state index contributed by atoms with van der Waals surface area (Å²) in [7, 11) is 1.99. The van der Waals surface area contributed by atoms with Gasteiger partial charge in [0.1, 0.15) is 11.5 Å². The number of anilines is 1. The quantitative estimate of drug-likeness (QED) is 0.695. The van der Waals surface area contributed by atoms with Gasteiger partial charge in [-0.2, -0.15) is 0 Å². The molecule has 2 aromatic rings. The van der Waals surface area contributed by atoms with Gasteiger partial charge in [0.05, 0.1) is 25.5 Å². The van der Waals surface area contributed by atoms with Crippen molar-refractivity contribution in [3.05, 3.63) is 53.6 Å². The van der Waals surface area contributed by atoms with Gasteiger partial charge in [-0.15, -0.1) is 0 Å². The molecule has 7 nitrogen and oxygen atoms in total. The van der Waals surface area contributed by atoms with E-state index in [2.05, 4.69) is 5.32 Å². The van der Waals surface area contributed by atoms with Crippen molar-refractivity contribution >= 4 is 28.4 Å². The third kappa shape index (κ3) is 6.10. The van der Waals surface area contributed by atoms with Crippen LogP contribution in [0.4, 0.5) is 5.69 Å². The van der Waals surface area contributed by atoms with E-state index in [-0.39, 0.29) is 0 Å². The van der Waals surface area contributed by atoms with E-state index in [9.17, 15) is 13.8 Å². The highest BCUT2D eigenvalue weighted by atomic mass is 32.2. The Labute approximate surface area is 160 Å². The summed E-state index contributed by atoms with van der Waals surface area (Å²) in [5.74, 6) is 0.227. The van der Waals surface area contributed by atoms with Gasteiger partial charge in [-0.3, -0.25) is 9.00 Å². The molecule has 1 N–H and O–H groups in total. The molecule has 0 bridgehead atoms. The highest BCUT2D eigenvalue weighted by Crippen LogP contribution is 2.28. The van der Waals surface area contributed by atoms with Crippen LogP contribution < -0.4 is 14.8 Å². The topological polar surface area (TPSA) is 90.9 Å². The highest BCUT2D eigenvalue weighted by molar-refractivity contribution is 7.83. The van der Waals surface area contributed by atoms with E-state index in [1.165, 1.54) is 14.2 Å². The molecular weight excluding hydrogens is 370 g/mol. The van der Waals surface area contributed by atoms with E-state index in [1.807, 2.05) is 0 Å². The van der Waals surface area contributed by atoms with Crippen molar-refractivity contribution in [1.29, 1.82) is 0 Å². The molecule has 0 spiro atoms. The molecule has 0 aliphatic carbocycles. The van der Waals surface area contributed by atoms with Gasteiger partial charge in [0.15, 0.2) is 6.61 Å². The normalized spacial score (nSPS) is 11.4. The van der Waals surface area contributed by atoms with E-state index in [1.54, 1.807) is 48.7 Å². The first kappa shape index (κ1) is 20.4. The molecule has 1 atom stereocenters. The highest BCUT2D eigenvalue weighted by Gasteiger charge is 2.13. The van der Waals surface area contributed by atoms with Crippen LogP contribution in [0.25, 0.3) is 0 Å². The van der Waals surface area contributed by atoms with Crippen molar-refractivity contribution in [2.45, 2.75) is 5.75 Å². The van der Waals surface area contributed by atoms with Crippen molar-refractivity contribution in [3.8, 4) is 11.5 Å². The Kier molecular flexibility index (Phi) is 7.36. The predicted octanol–water partition coefficient (Wildman–Crippen LogP) is 2.38. The number of methoxy groups -OCH3 is 2. The maximum atomic E-state index is 12.1. The largest absolute Gasteiger partial charge is 0.497 e. The number of benzene rings is 2. The Morgan fingerprint density at radius 3 is 2.52 bits per heavy atom. The second-order valence-corrected chi connectivity index (χ2v) is 7.04. The van der Waals surface area contributed by atoms with Gasteiger partial charge in [0.2, 0.25) is 0 Å². The molecule has 0 heterocycles. The summed E-state index contributed by atoms with van der Waals surface area (Å²) in [6, 6.07) is 11.6. The fraction of sp³-hybridized carbons (Fsp3) is 0.263. The fourth-order valence-corrected chi connectivity index (χ4v) is 2.97. The number of rotatable bonds is 8. The average Bonchev–Trinajstić information content (AvgIpc) is 2.66. The number of nitrogens with one attached hydrogen (secondary N) is 1. The van der Waals surface area contributed by atoms with Crippen LogP contribution in [0.2, 0.25) is 0 Å². The van der Waals surface area contributed by atoms with E-state index >= 15 is 0 Å². The van der Waals surface area contributed by atoms with Gasteiger partial charge < -0.3 is 19.5 Å². The van der Waals surface area contributed by atoms with Gasteiger partial charge in [-0.1, -0.05) is 12.1 Å². The van der Waals surface area contributed by atoms with Crippen LogP contribution in [0, 0.1) is 0 Å². The molecular formula is C19H21NO6S. The number of hydrogen-bond donors (Lipinski definition) is 1. The lowest BCUT2D eigenvalue weighted by Gasteiger charge is -2.12. The van der Waals surface area contributed by atoms with Crippen LogP contribution in [-0.2, 0) is 26.1 Å². The number of esters is 1. The summed E-state index contributed by atoms with van der Waals surface area (Å²) in [6.07, 6.45) is 1.59. The lowest BCUT2D eigenvalue weighted by molar-refractivity contribution is -0.119. The third-order valence-electron chi connectivity index (χ3n) is 3.55. The van der Waals surface area contributed by atoms with Crippen LogP contribution in [0.3, 0.4) is 0 Å². The first-order chi connectivity index (χ1) is 12.9. The zero-order valence-electron chi connectivity index (χ0n) is 15.3. The van der Waals surface area contributed by atoms with Gasteiger partial charge in [-0.25, -0.2) is 4.79 Å². The van der Waals surface area contributed by atoms with Crippen molar-refractivity contribution in [3.63, 3.8) is 0 Å². The molecule has 0 saturated carbocycles. The molecule has 1 unspecified atom stereocenters. The summed E-state index contributed by atoms with van der Waals surface area (Å²) < 4.78 is 26.6. The zero-order valence-corrected chi connectivity index (χ0v) is 16.1. The van der Waals surface area contributed by atoms with Crippen LogP contribution in [0.5, 0.6) is 11.5 Å². The number of ether oxygens (including phenoxy) is 3. The van der Waals surface area contributed by atoms with Crippen molar-refractivity contribution in [1.82, 2.24) is 0 Å². The monoisotopic (exact) mass is 391 g/mol. The smallest absolute Gasteiger partial charge is 0.338 e. The van der Waals surface area contributed by atoms with Crippen LogP contribution >= 0.6 is 0 Å². The molecule has 1 amide bonds. The summed E-state index contributed by atoms with van der Waals surface area (Å²) in [6.45, 7) is -0.446. The second-order valence-electron chi connectivity index (χ2n) is 5.61. The Bertz CT molecular complexity index is 852. The molecule has 0 radical (unpaired) electrons. The Morgan fingerprint density at radius 1 is 1.07 bits per heavy atom. The van der Waals surface area contributed by atoms with Crippen LogP contribution in [0.1, 0.15) is 15.9 Å². The SMILES string of the molecule is COc1ccc(NC(=O)COC(=O)c2cccc(CS(C)=O)c2)c(OC)c1. The molecule has 0 aliphatic rings. The maximum Gasteiger partial charge on any atom is 0.338 e. The van der Waals surface area contributed by atoms with E-state index < -0.39 is 29.3 Å². The fourth-order valence-electron chi connectivity index (χ4n) is 2.33. The van der Waals surface area contributed by atoms with Crippen LogP contribution in [0.15, 0.2) is 42.5 Å². The van der Waals surface area contributed by atoms with Crippen molar-refractivity contribution in [2.24, 2.45) is 0 Å². The molecule has 0 saturated heterocycles. The Morgan fingerprint density at radius 2 is 1.85 bits per heavy atom. The average molecular weight is 391 g/mol. The minimum absolute atomic E-state index is 0.299. The van der Waals surface area contributed by atoms with Crippen molar-refractivity contribution in [2.75, 3.05) is 32.4 Å². The number of amides is 1. The molecule has 8 heteroatoms. The standard InChI is InChI=1S/C19H21NO6S/c1-24-15-7-8-16(17(10-15)25-2)20-18(21)11-26-19(22)14-6-4-5-13(9-14)12-27(3)23/h4-10H,11-12H2,1-3H3,(H,20,21). The van der Waals surface area contributed by atoms with Gasteiger partial charge in [0, 0.05) is 28.9 Å². The number of carbonyl (C=O) groups is 2. The molecule has 0 aromatic heterocycles. The lowest BCUT2D eigenvalue weighted by atomic mass is 10.1. The number of hydrogen-bond acceptors (Lipinski definition) is 6. The predicted molar refractivity (Wildman–Crippen MR) is 103 cm³/mol. The van der Waals surface area contributed by atoms with E-state index in [4.69, 9.17) is 14.2 Å². The van der Waals surface area contributed by atoms with E-state index in [0.717, 1.165) is 5.56 Å². The third-order valence-corrected chi connectivity index (χ3v) is 4.29.